The molecular weight excluding hydrogens is 282 g/mol. The van der Waals surface area contributed by atoms with Crippen molar-refractivity contribution < 1.29 is 24.7 Å². The van der Waals surface area contributed by atoms with Gasteiger partial charge in [0.2, 0.25) is 0 Å². The molecule has 0 atom stereocenters. The van der Waals surface area contributed by atoms with E-state index in [1.807, 2.05) is 0 Å². The van der Waals surface area contributed by atoms with Gasteiger partial charge in [-0.15, -0.1) is 24.8 Å². The van der Waals surface area contributed by atoms with Gasteiger partial charge in [0.05, 0.1) is 0 Å². The number of halogens is 2. The van der Waals surface area contributed by atoms with Crippen LogP contribution in [0.25, 0.3) is 0 Å². The molecule has 0 aromatic rings. The van der Waals surface area contributed by atoms with Crippen LogP contribution in [-0.2, 0) is 24.7 Å². The second-order valence-electron chi connectivity index (χ2n) is 2.64. The Morgan fingerprint density at radius 2 is 1.69 bits per heavy atom. The van der Waals surface area contributed by atoms with E-state index < -0.39 is 0 Å². The first kappa shape index (κ1) is 19.5. The van der Waals surface area contributed by atoms with Gasteiger partial charge in [0, 0.05) is 0 Å². The predicted molar refractivity (Wildman–Crippen MR) is 61.5 cm³/mol. The molecule has 0 N–H and O–H groups in total. The fraction of sp³-hybridized carbons (Fsp3) is 0.600. The number of hydrogen-bond donors (Lipinski definition) is 0. The van der Waals surface area contributed by atoms with Crippen LogP contribution in [0.4, 0.5) is 0 Å². The Kier molecular flexibility index (Phi) is 28.0. The summed E-state index contributed by atoms with van der Waals surface area (Å²) in [5.74, 6) is 0. The summed E-state index contributed by atoms with van der Waals surface area (Å²) < 4.78 is 2.15. The van der Waals surface area contributed by atoms with E-state index in [0.29, 0.717) is 0 Å². The van der Waals surface area contributed by atoms with Crippen LogP contribution in [0.15, 0.2) is 22.0 Å². The zero-order chi connectivity index (χ0) is 8.36. The molecule has 0 amide bonds. The van der Waals surface area contributed by atoms with Gasteiger partial charge in [-0.2, -0.15) is 0 Å². The van der Waals surface area contributed by atoms with Crippen molar-refractivity contribution in [2.45, 2.75) is 39.0 Å². The fourth-order valence-electron chi connectivity index (χ4n) is 0.919. The summed E-state index contributed by atoms with van der Waals surface area (Å²) in [4.78, 5) is 0. The molecule has 0 unspecified atom stereocenters. The molecule has 0 fully saturated rings. The first-order chi connectivity index (χ1) is 5.41. The summed E-state index contributed by atoms with van der Waals surface area (Å²) in [5.41, 5.74) is 0. The van der Waals surface area contributed by atoms with E-state index in [4.69, 9.17) is 0 Å². The van der Waals surface area contributed by atoms with Gasteiger partial charge in [0.25, 0.3) is 0 Å². The molecular formula is C10H19Cl2Zr. The van der Waals surface area contributed by atoms with E-state index in [1.54, 1.807) is 0 Å². The van der Waals surface area contributed by atoms with Crippen LogP contribution in [0.2, 0.25) is 0 Å². The SMILES string of the molecule is CCCCCCC=CC=[CH][Zr].Cl.Cl. The largest absolute Gasteiger partial charge is 0.147 e. The molecule has 77 valence electrons. The van der Waals surface area contributed by atoms with Gasteiger partial charge in [-0.3, -0.25) is 0 Å². The van der Waals surface area contributed by atoms with Gasteiger partial charge >= 0.3 is 85.8 Å². The van der Waals surface area contributed by atoms with Gasteiger partial charge < -0.3 is 0 Å². The van der Waals surface area contributed by atoms with Crippen molar-refractivity contribution >= 4 is 24.8 Å². The third-order valence-electron chi connectivity index (χ3n) is 1.57. The van der Waals surface area contributed by atoms with Crippen LogP contribution in [0.1, 0.15) is 39.0 Å². The van der Waals surface area contributed by atoms with Crippen molar-refractivity contribution in [2.24, 2.45) is 0 Å². The van der Waals surface area contributed by atoms with E-state index in [2.05, 4.69) is 28.9 Å². The van der Waals surface area contributed by atoms with Gasteiger partial charge in [0.15, 0.2) is 0 Å². The number of allylic oxidation sites excluding steroid dienone is 3. The maximum Gasteiger partial charge on any atom is -0.147 e. The monoisotopic (exact) mass is 299 g/mol. The first-order valence-electron chi connectivity index (χ1n) is 4.40. The van der Waals surface area contributed by atoms with Crippen LogP contribution >= 0.6 is 24.8 Å². The van der Waals surface area contributed by atoms with Crippen molar-refractivity contribution in [3.05, 3.63) is 22.0 Å². The maximum atomic E-state index is 2.26. The van der Waals surface area contributed by atoms with Crippen LogP contribution in [0.3, 0.4) is 0 Å². The molecule has 3 heteroatoms. The minimum absolute atomic E-state index is 0. The van der Waals surface area contributed by atoms with Gasteiger partial charge in [0.1, 0.15) is 0 Å². The van der Waals surface area contributed by atoms with E-state index in [0.717, 1.165) is 0 Å². The molecule has 0 aromatic heterocycles. The molecule has 0 aromatic carbocycles. The third kappa shape index (κ3) is 19.4. The normalized spacial score (nSPS) is 9.85. The smallest absolute Gasteiger partial charge is 0.147 e. The van der Waals surface area contributed by atoms with E-state index in [1.165, 1.54) is 56.8 Å². The molecule has 0 aliphatic rings. The topological polar surface area (TPSA) is 0 Å². The van der Waals surface area contributed by atoms with E-state index in [-0.39, 0.29) is 24.8 Å². The Bertz CT molecular complexity index is 122. The Hall–Kier alpha value is 0.943. The fourth-order valence-corrected chi connectivity index (χ4v) is 1.19. The summed E-state index contributed by atoms with van der Waals surface area (Å²) in [5, 5.41) is 0. The maximum absolute atomic E-state index is 2.26. The average molecular weight is 301 g/mol. The second kappa shape index (κ2) is 18.7. The summed E-state index contributed by atoms with van der Waals surface area (Å²) >= 11 is 1.48. The summed E-state index contributed by atoms with van der Waals surface area (Å²) in [6, 6.07) is 0. The summed E-state index contributed by atoms with van der Waals surface area (Å²) in [7, 11) is 0. The van der Waals surface area contributed by atoms with Crippen molar-refractivity contribution in [2.75, 3.05) is 0 Å². The Balaban J connectivity index is -0.000000500. The van der Waals surface area contributed by atoms with Gasteiger partial charge in [-0.05, 0) is 0 Å². The zero-order valence-electron chi connectivity index (χ0n) is 8.16. The van der Waals surface area contributed by atoms with Crippen molar-refractivity contribution in [1.82, 2.24) is 0 Å². The molecule has 0 saturated carbocycles. The van der Waals surface area contributed by atoms with Crippen molar-refractivity contribution in [1.29, 1.82) is 0 Å². The summed E-state index contributed by atoms with van der Waals surface area (Å²) in [6.07, 6.45) is 13.3. The quantitative estimate of drug-likeness (QED) is 0.503. The Labute approximate surface area is 110 Å². The number of unbranched alkanes of at least 4 members (excludes halogenated alkanes) is 4. The number of rotatable bonds is 6. The van der Waals surface area contributed by atoms with Gasteiger partial charge in [-0.1, -0.05) is 0 Å². The van der Waals surface area contributed by atoms with Crippen LogP contribution in [-0.4, -0.2) is 0 Å². The molecule has 0 radical (unpaired) electrons. The molecule has 0 nitrogen and oxygen atoms in total. The third-order valence-corrected chi connectivity index (χ3v) is 2.04. The molecule has 13 heavy (non-hydrogen) atoms. The molecule has 0 spiro atoms. The van der Waals surface area contributed by atoms with E-state index in [9.17, 15) is 0 Å². The van der Waals surface area contributed by atoms with Crippen LogP contribution < -0.4 is 0 Å². The Morgan fingerprint density at radius 3 is 2.23 bits per heavy atom. The number of hydrogen-bond acceptors (Lipinski definition) is 0. The first-order valence-corrected chi connectivity index (χ1v) is 5.82. The minimum atomic E-state index is 0. The van der Waals surface area contributed by atoms with Crippen molar-refractivity contribution in [3.63, 3.8) is 0 Å². The summed E-state index contributed by atoms with van der Waals surface area (Å²) in [6.45, 7) is 2.25. The molecule has 0 bridgehead atoms. The predicted octanol–water partition coefficient (Wildman–Crippen LogP) is 4.42. The zero-order valence-corrected chi connectivity index (χ0v) is 12.3. The van der Waals surface area contributed by atoms with Crippen molar-refractivity contribution in [3.8, 4) is 0 Å². The second-order valence-corrected chi connectivity index (χ2v) is 3.46. The molecule has 0 saturated heterocycles. The average Bonchev–Trinajstić information content (AvgIpc) is 2.03. The van der Waals surface area contributed by atoms with Crippen LogP contribution in [0.5, 0.6) is 0 Å². The molecule has 0 rings (SSSR count). The van der Waals surface area contributed by atoms with Gasteiger partial charge in [-0.25, -0.2) is 0 Å². The molecule has 0 aliphatic carbocycles. The van der Waals surface area contributed by atoms with E-state index >= 15 is 0 Å². The molecule has 0 aliphatic heterocycles. The van der Waals surface area contributed by atoms with Crippen LogP contribution in [0, 0.1) is 0 Å². The minimum Gasteiger partial charge on any atom is -0.147 e. The standard InChI is InChI=1S/C10H17.2ClH.Zr/c1-3-5-7-9-10-8-6-4-2;;;/h1,3,5,7H,4,6,8-10H2,2H3;2*1H;. The Morgan fingerprint density at radius 1 is 1.00 bits per heavy atom. The molecule has 0 heterocycles.